The Kier molecular flexibility index (Phi) is 12.5. The van der Waals surface area contributed by atoms with Gasteiger partial charge in [-0.15, -0.1) is 0 Å². The molecule has 0 spiro atoms. The van der Waals surface area contributed by atoms with Gasteiger partial charge in [0.15, 0.2) is 0 Å². The molecule has 5 atom stereocenters. The third-order valence-corrected chi connectivity index (χ3v) is 5.88. The van der Waals surface area contributed by atoms with Crippen LogP contribution < -0.4 is 27.4 Å². The van der Waals surface area contributed by atoms with Gasteiger partial charge in [0.05, 0.1) is 12.5 Å². The summed E-state index contributed by atoms with van der Waals surface area (Å²) < 4.78 is 0. The average molecular weight is 522 g/mol. The lowest BCUT2D eigenvalue weighted by atomic mass is 9.96. The number of carboxylic acid groups (broad SMARTS) is 1. The second-order valence-corrected chi connectivity index (χ2v) is 9.61. The molecule has 12 heteroatoms. The first-order valence-electron chi connectivity index (χ1n) is 12.2. The number of hydrogen-bond acceptors (Lipinski definition) is 7. The van der Waals surface area contributed by atoms with E-state index in [0.717, 1.165) is 0 Å². The lowest BCUT2D eigenvalue weighted by Crippen LogP contribution is -2.59. The number of nitrogens with one attached hydrogen (secondary N) is 3. The van der Waals surface area contributed by atoms with Crippen LogP contribution in [0.15, 0.2) is 24.3 Å². The number of phenolic OH excluding ortho intramolecular Hbond substituents is 1. The Labute approximate surface area is 216 Å². The van der Waals surface area contributed by atoms with Crippen molar-refractivity contribution >= 4 is 29.6 Å². The van der Waals surface area contributed by atoms with Gasteiger partial charge in [0, 0.05) is 6.42 Å². The number of amides is 4. The molecule has 0 bridgehead atoms. The molecule has 0 aliphatic rings. The molecule has 0 radical (unpaired) electrons. The third-order valence-electron chi connectivity index (χ3n) is 5.88. The predicted molar refractivity (Wildman–Crippen MR) is 136 cm³/mol. The summed E-state index contributed by atoms with van der Waals surface area (Å²) in [5.74, 6) is -4.62. The fourth-order valence-electron chi connectivity index (χ4n) is 3.59. The van der Waals surface area contributed by atoms with E-state index in [1.165, 1.54) is 12.1 Å². The predicted octanol–water partition coefficient (Wildman–Crippen LogP) is -0.231. The van der Waals surface area contributed by atoms with Gasteiger partial charge >= 0.3 is 5.97 Å². The van der Waals surface area contributed by atoms with E-state index in [4.69, 9.17) is 11.5 Å². The Balaban J connectivity index is 3.17. The van der Waals surface area contributed by atoms with E-state index in [1.54, 1.807) is 26.0 Å². The fraction of sp³-hybridized carbons (Fsp3) is 0.560. The van der Waals surface area contributed by atoms with Gasteiger partial charge < -0.3 is 37.6 Å². The zero-order chi connectivity index (χ0) is 28.3. The molecule has 1 rings (SSSR count). The molecule has 9 N–H and O–H groups in total. The van der Waals surface area contributed by atoms with Crippen LogP contribution in [0.3, 0.4) is 0 Å². The average Bonchev–Trinajstić information content (AvgIpc) is 2.81. The van der Waals surface area contributed by atoms with E-state index in [2.05, 4.69) is 16.0 Å². The SMILES string of the molecule is CCC(C)C(NC(=O)C(Cc1ccc(O)cc1)NC(=O)C(N)CC(C)C)C(=O)NC(CC(N)=O)C(=O)O. The molecule has 0 aliphatic heterocycles. The first-order valence-corrected chi connectivity index (χ1v) is 12.2. The topological polar surface area (TPSA) is 214 Å². The lowest BCUT2D eigenvalue weighted by molar-refractivity contribution is -0.144. The first kappa shape index (κ1) is 31.4. The molecule has 0 fully saturated rings. The van der Waals surface area contributed by atoms with Crippen LogP contribution in [-0.4, -0.2) is 64.0 Å². The van der Waals surface area contributed by atoms with Crippen LogP contribution in [-0.2, 0) is 30.4 Å². The number of aromatic hydroxyl groups is 1. The molecule has 0 saturated heterocycles. The lowest BCUT2D eigenvalue weighted by Gasteiger charge is -2.28. The normalized spacial score (nSPS) is 15.1. The summed E-state index contributed by atoms with van der Waals surface area (Å²) >= 11 is 0. The van der Waals surface area contributed by atoms with Crippen molar-refractivity contribution in [2.75, 3.05) is 0 Å². The van der Waals surface area contributed by atoms with E-state index in [9.17, 15) is 34.2 Å². The molecular formula is C25H39N5O7. The highest BCUT2D eigenvalue weighted by Gasteiger charge is 2.33. The van der Waals surface area contributed by atoms with E-state index in [0.29, 0.717) is 18.4 Å². The van der Waals surface area contributed by atoms with Crippen LogP contribution in [0.2, 0.25) is 0 Å². The van der Waals surface area contributed by atoms with Crippen molar-refractivity contribution in [2.45, 2.75) is 77.5 Å². The number of rotatable bonds is 15. The van der Waals surface area contributed by atoms with Gasteiger partial charge in [0.25, 0.3) is 0 Å². The van der Waals surface area contributed by atoms with Crippen molar-refractivity contribution in [3.05, 3.63) is 29.8 Å². The van der Waals surface area contributed by atoms with Crippen molar-refractivity contribution in [3.63, 3.8) is 0 Å². The summed E-state index contributed by atoms with van der Waals surface area (Å²) in [6, 6.07) is 1.38. The van der Waals surface area contributed by atoms with Crippen molar-refractivity contribution in [2.24, 2.45) is 23.3 Å². The number of aliphatic carboxylic acids is 1. The molecule has 0 aliphatic carbocycles. The Morgan fingerprint density at radius 2 is 1.46 bits per heavy atom. The minimum atomic E-state index is -1.56. The molecule has 1 aromatic rings. The maximum atomic E-state index is 13.3. The molecule has 0 saturated carbocycles. The van der Waals surface area contributed by atoms with Gasteiger partial charge in [-0.05, 0) is 36.0 Å². The molecule has 0 heterocycles. The molecule has 37 heavy (non-hydrogen) atoms. The number of phenols is 1. The molecule has 0 aromatic heterocycles. The summed E-state index contributed by atoms with van der Waals surface area (Å²) in [6.07, 6.45) is 0.282. The van der Waals surface area contributed by atoms with Crippen molar-refractivity contribution < 1.29 is 34.2 Å². The van der Waals surface area contributed by atoms with E-state index >= 15 is 0 Å². The molecule has 12 nitrogen and oxygen atoms in total. The summed E-state index contributed by atoms with van der Waals surface area (Å²) in [7, 11) is 0. The Hall–Kier alpha value is -3.67. The van der Waals surface area contributed by atoms with Gasteiger partial charge in [-0.1, -0.05) is 46.2 Å². The van der Waals surface area contributed by atoms with E-state index in [-0.39, 0.29) is 18.1 Å². The van der Waals surface area contributed by atoms with Crippen molar-refractivity contribution in [1.82, 2.24) is 16.0 Å². The number of carboxylic acids is 1. The maximum absolute atomic E-state index is 13.3. The number of hydrogen-bond donors (Lipinski definition) is 7. The van der Waals surface area contributed by atoms with Crippen LogP contribution in [0.25, 0.3) is 0 Å². The third kappa shape index (κ3) is 10.9. The number of primary amides is 1. The van der Waals surface area contributed by atoms with Gasteiger partial charge in [0.1, 0.15) is 23.9 Å². The highest BCUT2D eigenvalue weighted by atomic mass is 16.4. The van der Waals surface area contributed by atoms with Crippen LogP contribution >= 0.6 is 0 Å². The Morgan fingerprint density at radius 3 is 1.95 bits per heavy atom. The molecule has 4 amide bonds. The molecule has 5 unspecified atom stereocenters. The molecular weight excluding hydrogens is 482 g/mol. The summed E-state index contributed by atoms with van der Waals surface area (Å²) in [5, 5.41) is 26.4. The summed E-state index contributed by atoms with van der Waals surface area (Å²) in [6.45, 7) is 7.30. The second-order valence-electron chi connectivity index (χ2n) is 9.61. The Bertz CT molecular complexity index is 951. The number of benzene rings is 1. The van der Waals surface area contributed by atoms with Crippen LogP contribution in [0.1, 0.15) is 52.5 Å². The zero-order valence-corrected chi connectivity index (χ0v) is 21.7. The standard InChI is InChI=1S/C25H39N5O7/c1-5-14(4)21(24(35)29-19(25(36)37)12-20(27)32)30-23(34)18(11-15-6-8-16(31)9-7-15)28-22(33)17(26)10-13(2)3/h6-9,13-14,17-19,21,31H,5,10-12,26H2,1-4H3,(H2,27,32)(H,28,33)(H,29,35)(H,30,34)(H,36,37). The van der Waals surface area contributed by atoms with E-state index in [1.807, 2.05) is 13.8 Å². The molecule has 206 valence electrons. The van der Waals surface area contributed by atoms with Gasteiger partial charge in [-0.25, -0.2) is 4.79 Å². The second kappa shape index (κ2) is 14.8. The first-order chi connectivity index (χ1) is 17.2. The minimum Gasteiger partial charge on any atom is -0.508 e. The Morgan fingerprint density at radius 1 is 0.892 bits per heavy atom. The smallest absolute Gasteiger partial charge is 0.326 e. The van der Waals surface area contributed by atoms with E-state index < -0.39 is 66.1 Å². The fourth-order valence-corrected chi connectivity index (χ4v) is 3.59. The van der Waals surface area contributed by atoms with Crippen molar-refractivity contribution in [1.29, 1.82) is 0 Å². The van der Waals surface area contributed by atoms with Gasteiger partial charge in [-0.2, -0.15) is 0 Å². The summed E-state index contributed by atoms with van der Waals surface area (Å²) in [5.41, 5.74) is 11.7. The quantitative estimate of drug-likeness (QED) is 0.163. The van der Waals surface area contributed by atoms with Gasteiger partial charge in [0.2, 0.25) is 23.6 Å². The molecule has 1 aromatic carbocycles. The highest BCUT2D eigenvalue weighted by Crippen LogP contribution is 2.14. The van der Waals surface area contributed by atoms with Crippen LogP contribution in [0.4, 0.5) is 0 Å². The zero-order valence-electron chi connectivity index (χ0n) is 21.7. The minimum absolute atomic E-state index is 0.0326. The van der Waals surface area contributed by atoms with Crippen molar-refractivity contribution in [3.8, 4) is 5.75 Å². The largest absolute Gasteiger partial charge is 0.508 e. The number of nitrogens with two attached hydrogens (primary N) is 2. The highest BCUT2D eigenvalue weighted by molar-refractivity contribution is 5.95. The monoisotopic (exact) mass is 521 g/mol. The van der Waals surface area contributed by atoms with Crippen LogP contribution in [0, 0.1) is 11.8 Å². The maximum Gasteiger partial charge on any atom is 0.326 e. The number of carbonyl (C=O) groups excluding carboxylic acids is 4. The number of carbonyl (C=O) groups is 5. The van der Waals surface area contributed by atoms with Crippen LogP contribution in [0.5, 0.6) is 5.75 Å². The summed E-state index contributed by atoms with van der Waals surface area (Å²) in [4.78, 5) is 61.7. The van der Waals surface area contributed by atoms with Gasteiger partial charge in [-0.3, -0.25) is 19.2 Å².